The van der Waals surface area contributed by atoms with Gasteiger partial charge in [-0.1, -0.05) is 13.8 Å². The molecule has 2 rings (SSSR count). The minimum Gasteiger partial charge on any atom is -0.308 e. The number of hydrogen-bond acceptors (Lipinski definition) is 5. The third-order valence-electron chi connectivity index (χ3n) is 4.03. The molecule has 0 aromatic carbocycles. The Hall–Kier alpha value is -1.85. The van der Waals surface area contributed by atoms with Crippen molar-refractivity contribution in [3.8, 4) is 0 Å². The summed E-state index contributed by atoms with van der Waals surface area (Å²) in [6.45, 7) is 3.74. The fraction of sp³-hybridized carbons (Fsp3) is 0.667. The Kier molecular flexibility index (Phi) is 4.07. The lowest BCUT2D eigenvalue weighted by molar-refractivity contribution is -0.137. The second-order valence-electron chi connectivity index (χ2n) is 6.86. The van der Waals surface area contributed by atoms with Gasteiger partial charge in [0, 0.05) is 31.4 Å². The Morgan fingerprint density at radius 3 is 2.05 bits per heavy atom. The third-order valence-corrected chi connectivity index (χ3v) is 4.03. The van der Waals surface area contributed by atoms with E-state index in [2.05, 4.69) is 5.32 Å². The highest BCUT2D eigenvalue weighted by atomic mass is 16.2. The lowest BCUT2D eigenvalue weighted by Crippen LogP contribution is -2.43. The molecule has 2 aliphatic rings. The summed E-state index contributed by atoms with van der Waals surface area (Å²) < 4.78 is 0. The van der Waals surface area contributed by atoms with Crippen LogP contribution in [0.3, 0.4) is 0 Å². The number of carbonyl (C=O) groups is 4. The number of amides is 2. The molecule has 0 aromatic rings. The molecule has 114 valence electrons. The van der Waals surface area contributed by atoms with Gasteiger partial charge in [0.1, 0.15) is 17.5 Å². The first-order chi connectivity index (χ1) is 9.68. The van der Waals surface area contributed by atoms with Crippen molar-refractivity contribution in [3.05, 3.63) is 0 Å². The zero-order chi connectivity index (χ0) is 15.8. The van der Waals surface area contributed by atoms with Gasteiger partial charge in [-0.3, -0.25) is 24.5 Å². The zero-order valence-electron chi connectivity index (χ0n) is 12.3. The van der Waals surface area contributed by atoms with E-state index in [4.69, 9.17) is 5.41 Å². The minimum absolute atomic E-state index is 0.0491. The van der Waals surface area contributed by atoms with E-state index in [1.165, 1.54) is 0 Å². The quantitative estimate of drug-likeness (QED) is 0.460. The molecule has 0 aromatic heterocycles. The molecular weight excluding hydrogens is 272 g/mol. The summed E-state index contributed by atoms with van der Waals surface area (Å²) in [7, 11) is 0. The molecule has 0 spiro atoms. The average Bonchev–Trinajstić information content (AvgIpc) is 2.23. The van der Waals surface area contributed by atoms with Crippen molar-refractivity contribution in [1.29, 1.82) is 5.41 Å². The van der Waals surface area contributed by atoms with Gasteiger partial charge in [0.2, 0.25) is 11.8 Å². The largest absolute Gasteiger partial charge is 0.308 e. The number of nitrogens with one attached hydrogen (secondary N) is 2. The van der Waals surface area contributed by atoms with Crippen LogP contribution in [-0.4, -0.2) is 29.1 Å². The van der Waals surface area contributed by atoms with Crippen LogP contribution in [0.4, 0.5) is 0 Å². The number of hydrogen-bond donors (Lipinski definition) is 2. The molecule has 1 heterocycles. The van der Waals surface area contributed by atoms with E-state index >= 15 is 0 Å². The van der Waals surface area contributed by atoms with Gasteiger partial charge in [0.25, 0.3) is 0 Å². The molecule has 2 amide bonds. The van der Waals surface area contributed by atoms with E-state index in [1.54, 1.807) is 0 Å². The van der Waals surface area contributed by atoms with E-state index < -0.39 is 5.92 Å². The highest BCUT2D eigenvalue weighted by molar-refractivity contribution is 6.21. The molecule has 1 saturated heterocycles. The topological polar surface area (TPSA) is 104 Å². The molecule has 1 aliphatic carbocycles. The predicted octanol–water partition coefficient (Wildman–Crippen LogP) is 1.02. The fourth-order valence-corrected chi connectivity index (χ4v) is 3.21. The highest BCUT2D eigenvalue weighted by Gasteiger charge is 2.42. The predicted molar refractivity (Wildman–Crippen MR) is 74.7 cm³/mol. The van der Waals surface area contributed by atoms with Gasteiger partial charge in [-0.05, 0) is 17.8 Å². The van der Waals surface area contributed by atoms with Crippen LogP contribution in [0.25, 0.3) is 0 Å². The molecule has 6 heteroatoms. The normalized spacial score (nSPS) is 24.1. The Morgan fingerprint density at radius 2 is 1.57 bits per heavy atom. The molecule has 0 unspecified atom stereocenters. The molecule has 2 fully saturated rings. The van der Waals surface area contributed by atoms with Gasteiger partial charge in [-0.15, -0.1) is 0 Å². The van der Waals surface area contributed by atoms with E-state index in [0.717, 1.165) is 0 Å². The standard InChI is InChI=1S/C15H20N2O4/c1-15(2)6-10(18)14(11(19)7-15)9(16)3-8-4-12(20)17-13(21)5-8/h8,14,16H,3-7H2,1-2H3,(H,17,20,21). The van der Waals surface area contributed by atoms with Gasteiger partial charge >= 0.3 is 0 Å². The van der Waals surface area contributed by atoms with Crippen molar-refractivity contribution in [2.75, 3.05) is 0 Å². The van der Waals surface area contributed by atoms with E-state index in [9.17, 15) is 19.2 Å². The molecule has 2 N–H and O–H groups in total. The smallest absolute Gasteiger partial charge is 0.226 e. The van der Waals surface area contributed by atoms with Crippen LogP contribution in [-0.2, 0) is 19.2 Å². The van der Waals surface area contributed by atoms with Crippen molar-refractivity contribution in [2.45, 2.75) is 46.0 Å². The molecule has 0 bridgehead atoms. The van der Waals surface area contributed by atoms with E-state index in [0.29, 0.717) is 0 Å². The number of rotatable bonds is 3. The van der Waals surface area contributed by atoms with Gasteiger partial charge in [0.05, 0.1) is 0 Å². The second kappa shape index (κ2) is 5.50. The SMILES string of the molecule is CC1(C)CC(=O)C(C(=N)CC2CC(=O)NC(=O)C2)C(=O)C1. The number of piperidine rings is 1. The van der Waals surface area contributed by atoms with Gasteiger partial charge < -0.3 is 5.41 Å². The highest BCUT2D eigenvalue weighted by Crippen LogP contribution is 2.35. The maximum atomic E-state index is 12.1. The van der Waals surface area contributed by atoms with Gasteiger partial charge in [-0.25, -0.2) is 0 Å². The maximum absolute atomic E-state index is 12.1. The molecule has 1 saturated carbocycles. The van der Waals surface area contributed by atoms with Crippen LogP contribution < -0.4 is 5.32 Å². The summed E-state index contributed by atoms with van der Waals surface area (Å²) in [6, 6.07) is 0. The summed E-state index contributed by atoms with van der Waals surface area (Å²) in [5.41, 5.74) is -0.293. The number of imide groups is 1. The minimum atomic E-state index is -0.974. The summed E-state index contributed by atoms with van der Waals surface area (Å²) in [6.07, 6.45) is 1.05. The van der Waals surface area contributed by atoms with E-state index in [1.807, 2.05) is 13.8 Å². The maximum Gasteiger partial charge on any atom is 0.226 e. The Bertz CT molecular complexity index is 500. The van der Waals surface area contributed by atoms with Crippen molar-refractivity contribution in [2.24, 2.45) is 17.3 Å². The molecule has 0 atom stereocenters. The summed E-state index contributed by atoms with van der Waals surface area (Å²) in [4.78, 5) is 46.9. The zero-order valence-corrected chi connectivity index (χ0v) is 12.3. The van der Waals surface area contributed by atoms with Gasteiger partial charge in [0.15, 0.2) is 0 Å². The Labute approximate surface area is 123 Å². The summed E-state index contributed by atoms with van der Waals surface area (Å²) in [5.74, 6) is -2.40. The summed E-state index contributed by atoms with van der Waals surface area (Å²) >= 11 is 0. The van der Waals surface area contributed by atoms with Crippen molar-refractivity contribution < 1.29 is 19.2 Å². The molecule has 1 aliphatic heterocycles. The third kappa shape index (κ3) is 3.62. The average molecular weight is 292 g/mol. The first kappa shape index (κ1) is 15.5. The lowest BCUT2D eigenvalue weighted by Gasteiger charge is -2.33. The lowest BCUT2D eigenvalue weighted by atomic mass is 9.69. The number of ketones is 2. The van der Waals surface area contributed by atoms with Gasteiger partial charge in [-0.2, -0.15) is 0 Å². The molecule has 6 nitrogen and oxygen atoms in total. The fourth-order valence-electron chi connectivity index (χ4n) is 3.21. The van der Waals surface area contributed by atoms with Crippen LogP contribution in [0.5, 0.6) is 0 Å². The second-order valence-corrected chi connectivity index (χ2v) is 6.86. The van der Waals surface area contributed by atoms with Crippen molar-refractivity contribution in [1.82, 2.24) is 5.32 Å². The van der Waals surface area contributed by atoms with Crippen molar-refractivity contribution in [3.63, 3.8) is 0 Å². The van der Waals surface area contributed by atoms with Crippen LogP contribution in [0.15, 0.2) is 0 Å². The Balaban J connectivity index is 2.03. The molecule has 21 heavy (non-hydrogen) atoms. The molecule has 0 radical (unpaired) electrons. The molecular formula is C15H20N2O4. The number of carbonyl (C=O) groups excluding carboxylic acids is 4. The first-order valence-electron chi connectivity index (χ1n) is 7.13. The summed E-state index contributed by atoms with van der Waals surface area (Å²) in [5, 5.41) is 10.3. The Morgan fingerprint density at radius 1 is 1.10 bits per heavy atom. The van der Waals surface area contributed by atoms with Crippen LogP contribution >= 0.6 is 0 Å². The van der Waals surface area contributed by atoms with Crippen LogP contribution in [0, 0.1) is 22.7 Å². The van der Waals surface area contributed by atoms with E-state index in [-0.39, 0.29) is 72.5 Å². The first-order valence-corrected chi connectivity index (χ1v) is 7.13. The van der Waals surface area contributed by atoms with Crippen LogP contribution in [0.1, 0.15) is 46.0 Å². The van der Waals surface area contributed by atoms with Crippen LogP contribution in [0.2, 0.25) is 0 Å². The van der Waals surface area contributed by atoms with Crippen molar-refractivity contribution >= 4 is 29.1 Å². The monoisotopic (exact) mass is 292 g/mol. The number of Topliss-reactive ketones (excluding diaryl/α,β-unsaturated/α-hetero) is 2.